The van der Waals surface area contributed by atoms with E-state index in [1.807, 2.05) is 11.3 Å². The van der Waals surface area contributed by atoms with Crippen molar-refractivity contribution in [1.29, 1.82) is 0 Å². The summed E-state index contributed by atoms with van der Waals surface area (Å²) in [6.45, 7) is 7.06. The maximum absolute atomic E-state index is 3.95. The smallest absolute Gasteiger partial charge is 0.0416 e. The number of nitrogens with one attached hydrogen (secondary N) is 1. The van der Waals surface area contributed by atoms with E-state index in [9.17, 15) is 0 Å². The van der Waals surface area contributed by atoms with Gasteiger partial charge in [0.1, 0.15) is 0 Å². The molecule has 19 heavy (non-hydrogen) atoms. The molecule has 1 aliphatic rings. The molecule has 3 atom stereocenters. The third-order valence-corrected chi connectivity index (χ3v) is 5.54. The highest BCUT2D eigenvalue weighted by molar-refractivity contribution is 7.10. The summed E-state index contributed by atoms with van der Waals surface area (Å²) in [5.74, 6) is 1.77. The van der Waals surface area contributed by atoms with Crippen LogP contribution in [0.15, 0.2) is 17.5 Å². The maximum atomic E-state index is 3.95. The first-order valence-electron chi connectivity index (χ1n) is 8.00. The zero-order valence-electron chi connectivity index (χ0n) is 12.7. The number of rotatable bonds is 6. The van der Waals surface area contributed by atoms with E-state index in [2.05, 4.69) is 43.6 Å². The standard InChI is InChI=1S/C17H29NS/c1-4-7-16(17-10-6-11-19-17)18-15-9-5-8-14(12-15)13(2)3/h6,10-11,13-16,18H,4-5,7-9,12H2,1-3H3. The van der Waals surface area contributed by atoms with Gasteiger partial charge in [-0.2, -0.15) is 0 Å². The molecule has 0 aromatic carbocycles. The third-order valence-electron chi connectivity index (χ3n) is 4.56. The van der Waals surface area contributed by atoms with Crippen molar-refractivity contribution < 1.29 is 0 Å². The quantitative estimate of drug-likeness (QED) is 0.735. The molecule has 108 valence electrons. The second-order valence-corrected chi connectivity index (χ2v) is 7.37. The average molecular weight is 279 g/mol. The molecule has 1 heterocycles. The molecule has 0 aliphatic heterocycles. The normalized spacial score (nSPS) is 25.7. The van der Waals surface area contributed by atoms with Crippen LogP contribution in [-0.2, 0) is 0 Å². The summed E-state index contributed by atoms with van der Waals surface area (Å²) in [7, 11) is 0. The first-order valence-corrected chi connectivity index (χ1v) is 8.88. The summed E-state index contributed by atoms with van der Waals surface area (Å²) in [6.07, 6.45) is 8.12. The van der Waals surface area contributed by atoms with Gasteiger partial charge in [-0.05, 0) is 42.5 Å². The van der Waals surface area contributed by atoms with Crippen LogP contribution < -0.4 is 5.32 Å². The van der Waals surface area contributed by atoms with Crippen molar-refractivity contribution in [3.8, 4) is 0 Å². The van der Waals surface area contributed by atoms with Gasteiger partial charge in [-0.25, -0.2) is 0 Å². The maximum Gasteiger partial charge on any atom is 0.0416 e. The fraction of sp³-hybridized carbons (Fsp3) is 0.765. The first kappa shape index (κ1) is 15.1. The highest BCUT2D eigenvalue weighted by atomic mass is 32.1. The van der Waals surface area contributed by atoms with Crippen LogP contribution in [0.3, 0.4) is 0 Å². The van der Waals surface area contributed by atoms with Crippen molar-refractivity contribution >= 4 is 11.3 Å². The van der Waals surface area contributed by atoms with Gasteiger partial charge in [0.25, 0.3) is 0 Å². The van der Waals surface area contributed by atoms with E-state index in [4.69, 9.17) is 0 Å². The minimum absolute atomic E-state index is 0.584. The largest absolute Gasteiger partial charge is 0.306 e. The van der Waals surface area contributed by atoms with Crippen molar-refractivity contribution in [1.82, 2.24) is 5.32 Å². The van der Waals surface area contributed by atoms with E-state index < -0.39 is 0 Å². The van der Waals surface area contributed by atoms with Crippen molar-refractivity contribution in [3.63, 3.8) is 0 Å². The fourth-order valence-corrected chi connectivity index (χ4v) is 4.18. The van der Waals surface area contributed by atoms with Crippen LogP contribution >= 0.6 is 11.3 Å². The molecule has 1 aromatic rings. The zero-order chi connectivity index (χ0) is 13.7. The van der Waals surface area contributed by atoms with Crippen LogP contribution in [0.25, 0.3) is 0 Å². The Morgan fingerprint density at radius 3 is 2.84 bits per heavy atom. The molecule has 0 saturated heterocycles. The van der Waals surface area contributed by atoms with Crippen LogP contribution in [0.1, 0.15) is 70.2 Å². The molecule has 1 fully saturated rings. The summed E-state index contributed by atoms with van der Waals surface area (Å²) in [4.78, 5) is 1.52. The Morgan fingerprint density at radius 1 is 1.37 bits per heavy atom. The first-order chi connectivity index (χ1) is 9.20. The summed E-state index contributed by atoms with van der Waals surface area (Å²) in [5.41, 5.74) is 0. The molecule has 2 rings (SSSR count). The number of hydrogen-bond acceptors (Lipinski definition) is 2. The van der Waals surface area contributed by atoms with Gasteiger partial charge in [-0.15, -0.1) is 11.3 Å². The van der Waals surface area contributed by atoms with Crippen LogP contribution in [0.2, 0.25) is 0 Å². The highest BCUT2D eigenvalue weighted by Crippen LogP contribution is 2.32. The molecule has 1 aromatic heterocycles. The molecule has 1 saturated carbocycles. The second-order valence-electron chi connectivity index (χ2n) is 6.39. The Hall–Kier alpha value is -0.340. The average Bonchev–Trinajstić information content (AvgIpc) is 2.92. The predicted octanol–water partition coefficient (Wildman–Crippen LogP) is 5.39. The SMILES string of the molecule is CCCC(NC1CCCC(C(C)C)C1)c1cccs1. The summed E-state index contributed by atoms with van der Waals surface area (Å²) < 4.78 is 0. The Bertz CT molecular complexity index is 344. The monoisotopic (exact) mass is 279 g/mol. The Kier molecular flexibility index (Phi) is 5.90. The molecule has 2 heteroatoms. The van der Waals surface area contributed by atoms with E-state index in [0.29, 0.717) is 6.04 Å². The van der Waals surface area contributed by atoms with Crippen molar-refractivity contribution in [2.45, 2.75) is 71.4 Å². The Balaban J connectivity index is 1.93. The molecule has 3 unspecified atom stereocenters. The minimum Gasteiger partial charge on any atom is -0.306 e. The third kappa shape index (κ3) is 4.32. The van der Waals surface area contributed by atoms with Gasteiger partial charge in [0.15, 0.2) is 0 Å². The predicted molar refractivity (Wildman–Crippen MR) is 85.7 cm³/mol. The molecule has 0 amide bonds. The summed E-state index contributed by atoms with van der Waals surface area (Å²) >= 11 is 1.90. The van der Waals surface area contributed by atoms with Gasteiger partial charge in [-0.3, -0.25) is 0 Å². The molecular formula is C17H29NS. The van der Waals surface area contributed by atoms with E-state index in [1.165, 1.54) is 43.4 Å². The van der Waals surface area contributed by atoms with Crippen LogP contribution in [0, 0.1) is 11.8 Å². The number of thiophene rings is 1. The van der Waals surface area contributed by atoms with Crippen molar-refractivity contribution in [2.75, 3.05) is 0 Å². The van der Waals surface area contributed by atoms with E-state index >= 15 is 0 Å². The topological polar surface area (TPSA) is 12.0 Å². The van der Waals surface area contributed by atoms with E-state index in [1.54, 1.807) is 0 Å². The highest BCUT2D eigenvalue weighted by Gasteiger charge is 2.26. The number of hydrogen-bond donors (Lipinski definition) is 1. The van der Waals surface area contributed by atoms with E-state index in [0.717, 1.165) is 17.9 Å². The molecule has 1 aliphatic carbocycles. The molecule has 0 spiro atoms. The van der Waals surface area contributed by atoms with Crippen LogP contribution in [0.4, 0.5) is 0 Å². The molecule has 0 bridgehead atoms. The lowest BCUT2D eigenvalue weighted by Gasteiger charge is -2.34. The van der Waals surface area contributed by atoms with Crippen molar-refractivity contribution in [2.24, 2.45) is 11.8 Å². The summed E-state index contributed by atoms with van der Waals surface area (Å²) in [6, 6.07) is 5.80. The summed E-state index contributed by atoms with van der Waals surface area (Å²) in [5, 5.41) is 6.16. The van der Waals surface area contributed by atoms with Crippen LogP contribution in [0.5, 0.6) is 0 Å². The van der Waals surface area contributed by atoms with Gasteiger partial charge >= 0.3 is 0 Å². The van der Waals surface area contributed by atoms with E-state index in [-0.39, 0.29) is 0 Å². The fourth-order valence-electron chi connectivity index (χ4n) is 3.35. The van der Waals surface area contributed by atoms with Gasteiger partial charge in [0.2, 0.25) is 0 Å². The van der Waals surface area contributed by atoms with Gasteiger partial charge in [0, 0.05) is 17.0 Å². The van der Waals surface area contributed by atoms with Crippen LogP contribution in [-0.4, -0.2) is 6.04 Å². The Labute approximate surface area is 122 Å². The zero-order valence-corrected chi connectivity index (χ0v) is 13.5. The molecule has 1 N–H and O–H groups in total. The lowest BCUT2D eigenvalue weighted by Crippen LogP contribution is -2.37. The van der Waals surface area contributed by atoms with Gasteiger partial charge in [-0.1, -0.05) is 46.1 Å². The Morgan fingerprint density at radius 2 is 2.21 bits per heavy atom. The molecule has 1 nitrogen and oxygen atoms in total. The molecular weight excluding hydrogens is 250 g/mol. The lowest BCUT2D eigenvalue weighted by molar-refractivity contribution is 0.218. The lowest BCUT2D eigenvalue weighted by atomic mass is 9.79. The molecule has 0 radical (unpaired) electrons. The van der Waals surface area contributed by atoms with Gasteiger partial charge in [0.05, 0.1) is 0 Å². The second kappa shape index (κ2) is 7.44. The minimum atomic E-state index is 0.584. The van der Waals surface area contributed by atoms with Gasteiger partial charge < -0.3 is 5.32 Å². The van der Waals surface area contributed by atoms with Crippen molar-refractivity contribution in [3.05, 3.63) is 22.4 Å².